The molecule has 0 fully saturated rings. The van der Waals surface area contributed by atoms with Crippen LogP contribution in [0.1, 0.15) is 48.7 Å². The van der Waals surface area contributed by atoms with Gasteiger partial charge in [0, 0.05) is 46.6 Å². The summed E-state index contributed by atoms with van der Waals surface area (Å²) in [5.74, 6) is 0. The van der Waals surface area contributed by atoms with E-state index < -0.39 is 0 Å². The van der Waals surface area contributed by atoms with Crippen molar-refractivity contribution in [3.63, 3.8) is 0 Å². The third kappa shape index (κ3) is 3.12. The lowest BCUT2D eigenvalue weighted by Gasteiger charge is -2.27. The normalized spacial score (nSPS) is 17.4. The van der Waals surface area contributed by atoms with Crippen molar-refractivity contribution in [2.24, 2.45) is 0 Å². The van der Waals surface area contributed by atoms with Crippen molar-refractivity contribution >= 4 is 10.9 Å². The molecule has 0 radical (unpaired) electrons. The van der Waals surface area contributed by atoms with Crippen molar-refractivity contribution < 1.29 is 0 Å². The van der Waals surface area contributed by atoms with Crippen LogP contribution in [0.2, 0.25) is 0 Å². The highest BCUT2D eigenvalue weighted by molar-refractivity contribution is 5.89. The molecular formula is C25H25N3. The molecule has 5 rings (SSSR count). The minimum absolute atomic E-state index is 0.328. The molecule has 140 valence electrons. The smallest absolute Gasteiger partial charge is 0.0480 e. The first kappa shape index (κ1) is 17.2. The minimum atomic E-state index is 0.328. The molecule has 0 spiro atoms. The van der Waals surface area contributed by atoms with Crippen molar-refractivity contribution in [2.45, 2.75) is 38.3 Å². The zero-order chi connectivity index (χ0) is 18.9. The molecule has 0 aliphatic heterocycles. The molecule has 28 heavy (non-hydrogen) atoms. The Bertz CT molecular complexity index is 1080. The molecule has 0 saturated heterocycles. The molecule has 3 heteroatoms. The van der Waals surface area contributed by atoms with E-state index in [1.54, 1.807) is 0 Å². The molecule has 2 atom stereocenters. The number of hydrogen-bond donors (Lipinski definition) is 2. The predicted molar refractivity (Wildman–Crippen MR) is 115 cm³/mol. The van der Waals surface area contributed by atoms with Gasteiger partial charge in [-0.3, -0.25) is 4.98 Å². The SMILES string of the molecule is CC(NC1CCCc2c1[nH]c1ccc(-c3cccnc3)cc21)c1ccccc1. The van der Waals surface area contributed by atoms with Gasteiger partial charge >= 0.3 is 0 Å². The Labute approximate surface area is 165 Å². The fourth-order valence-electron chi connectivity index (χ4n) is 4.48. The Hall–Kier alpha value is -2.91. The zero-order valence-corrected chi connectivity index (χ0v) is 16.2. The van der Waals surface area contributed by atoms with Gasteiger partial charge in [-0.05, 0) is 61.1 Å². The summed E-state index contributed by atoms with van der Waals surface area (Å²) < 4.78 is 0. The van der Waals surface area contributed by atoms with Crippen LogP contribution in [0, 0.1) is 0 Å². The Morgan fingerprint density at radius 3 is 2.75 bits per heavy atom. The Balaban J connectivity index is 1.49. The molecular weight excluding hydrogens is 342 g/mol. The van der Waals surface area contributed by atoms with Gasteiger partial charge in [-0.2, -0.15) is 0 Å². The van der Waals surface area contributed by atoms with Crippen LogP contribution in [0.15, 0.2) is 73.1 Å². The average Bonchev–Trinajstić information content (AvgIpc) is 3.14. The molecule has 0 saturated carbocycles. The number of aromatic nitrogens is 2. The lowest BCUT2D eigenvalue weighted by Crippen LogP contribution is -2.27. The summed E-state index contributed by atoms with van der Waals surface area (Å²) in [6.45, 7) is 2.26. The number of H-pyrrole nitrogens is 1. The third-order valence-electron chi connectivity index (χ3n) is 5.95. The molecule has 2 heterocycles. The van der Waals surface area contributed by atoms with Crippen LogP contribution in [0.25, 0.3) is 22.0 Å². The second-order valence-corrected chi connectivity index (χ2v) is 7.76. The van der Waals surface area contributed by atoms with Crippen LogP contribution < -0.4 is 5.32 Å². The topological polar surface area (TPSA) is 40.7 Å². The molecule has 4 aromatic rings. The van der Waals surface area contributed by atoms with E-state index in [1.807, 2.05) is 18.5 Å². The molecule has 1 aliphatic rings. The monoisotopic (exact) mass is 367 g/mol. The number of rotatable bonds is 4. The summed E-state index contributed by atoms with van der Waals surface area (Å²) in [4.78, 5) is 8.00. The van der Waals surface area contributed by atoms with Crippen molar-refractivity contribution in [3.05, 3.63) is 89.9 Å². The molecule has 0 amide bonds. The van der Waals surface area contributed by atoms with Gasteiger partial charge in [0.1, 0.15) is 0 Å². The van der Waals surface area contributed by atoms with Gasteiger partial charge in [0.15, 0.2) is 0 Å². The molecule has 2 N–H and O–H groups in total. The average molecular weight is 367 g/mol. The van der Waals surface area contributed by atoms with Gasteiger partial charge in [0.05, 0.1) is 0 Å². The minimum Gasteiger partial charge on any atom is -0.357 e. The molecule has 1 aliphatic carbocycles. The van der Waals surface area contributed by atoms with Crippen LogP contribution in [-0.4, -0.2) is 9.97 Å². The Kier molecular flexibility index (Phi) is 4.46. The fourth-order valence-corrected chi connectivity index (χ4v) is 4.48. The van der Waals surface area contributed by atoms with Crippen LogP contribution in [0.5, 0.6) is 0 Å². The number of fused-ring (bicyclic) bond motifs is 3. The fraction of sp³-hybridized carbons (Fsp3) is 0.240. The van der Waals surface area contributed by atoms with E-state index >= 15 is 0 Å². The lowest BCUT2D eigenvalue weighted by molar-refractivity contribution is 0.410. The summed E-state index contributed by atoms with van der Waals surface area (Å²) in [6.07, 6.45) is 7.29. The zero-order valence-electron chi connectivity index (χ0n) is 16.2. The number of nitrogens with one attached hydrogen (secondary N) is 2. The summed E-state index contributed by atoms with van der Waals surface area (Å²) in [6, 6.07) is 22.3. The van der Waals surface area contributed by atoms with Gasteiger partial charge < -0.3 is 10.3 Å². The van der Waals surface area contributed by atoms with Crippen molar-refractivity contribution in [3.8, 4) is 11.1 Å². The van der Waals surface area contributed by atoms with Gasteiger partial charge in [0.25, 0.3) is 0 Å². The highest BCUT2D eigenvalue weighted by Crippen LogP contribution is 2.37. The van der Waals surface area contributed by atoms with E-state index in [2.05, 4.69) is 76.8 Å². The number of aryl methyl sites for hydroxylation is 1. The first-order valence-corrected chi connectivity index (χ1v) is 10.2. The van der Waals surface area contributed by atoms with E-state index in [9.17, 15) is 0 Å². The van der Waals surface area contributed by atoms with Crippen molar-refractivity contribution in [1.82, 2.24) is 15.3 Å². The van der Waals surface area contributed by atoms with Gasteiger partial charge in [-0.25, -0.2) is 0 Å². The quantitative estimate of drug-likeness (QED) is 0.467. The van der Waals surface area contributed by atoms with E-state index in [-0.39, 0.29) is 0 Å². The summed E-state index contributed by atoms with van der Waals surface area (Å²) in [7, 11) is 0. The largest absolute Gasteiger partial charge is 0.357 e. The van der Waals surface area contributed by atoms with E-state index in [4.69, 9.17) is 0 Å². The number of benzene rings is 2. The Morgan fingerprint density at radius 2 is 1.93 bits per heavy atom. The highest BCUT2D eigenvalue weighted by atomic mass is 15.0. The second kappa shape index (κ2) is 7.25. The van der Waals surface area contributed by atoms with Crippen molar-refractivity contribution in [2.75, 3.05) is 0 Å². The van der Waals surface area contributed by atoms with E-state index in [1.165, 1.54) is 51.7 Å². The maximum atomic E-state index is 4.27. The van der Waals surface area contributed by atoms with E-state index in [0.717, 1.165) is 6.42 Å². The number of pyridine rings is 1. The maximum Gasteiger partial charge on any atom is 0.0480 e. The second-order valence-electron chi connectivity index (χ2n) is 7.76. The highest BCUT2D eigenvalue weighted by Gasteiger charge is 2.25. The molecule has 0 bridgehead atoms. The predicted octanol–water partition coefficient (Wildman–Crippen LogP) is 5.96. The lowest BCUT2D eigenvalue weighted by atomic mass is 9.90. The first-order valence-electron chi connectivity index (χ1n) is 10.2. The third-order valence-corrected chi connectivity index (χ3v) is 5.95. The number of hydrogen-bond acceptors (Lipinski definition) is 2. The van der Waals surface area contributed by atoms with Gasteiger partial charge in [-0.1, -0.05) is 42.5 Å². The Morgan fingerprint density at radius 1 is 1.04 bits per heavy atom. The maximum absolute atomic E-state index is 4.27. The van der Waals surface area contributed by atoms with Crippen LogP contribution in [0.3, 0.4) is 0 Å². The van der Waals surface area contributed by atoms with Crippen LogP contribution in [0.4, 0.5) is 0 Å². The molecule has 2 aromatic carbocycles. The van der Waals surface area contributed by atoms with Crippen LogP contribution >= 0.6 is 0 Å². The van der Waals surface area contributed by atoms with Crippen LogP contribution in [-0.2, 0) is 6.42 Å². The van der Waals surface area contributed by atoms with Gasteiger partial charge in [0.2, 0.25) is 0 Å². The van der Waals surface area contributed by atoms with Gasteiger partial charge in [-0.15, -0.1) is 0 Å². The number of nitrogens with zero attached hydrogens (tertiary/aromatic N) is 1. The molecule has 2 unspecified atom stereocenters. The number of aromatic amines is 1. The first-order chi connectivity index (χ1) is 13.8. The van der Waals surface area contributed by atoms with E-state index in [0.29, 0.717) is 12.1 Å². The molecule has 2 aromatic heterocycles. The van der Waals surface area contributed by atoms with Crippen molar-refractivity contribution in [1.29, 1.82) is 0 Å². The molecule has 3 nitrogen and oxygen atoms in total. The summed E-state index contributed by atoms with van der Waals surface area (Å²) >= 11 is 0. The standard InChI is InChI=1S/C25H25N3/c1-17(18-7-3-2-4-8-18)27-24-11-5-10-21-22-15-19(20-9-6-14-26-16-20)12-13-23(22)28-25(21)24/h2-4,6-9,12-17,24,27-28H,5,10-11H2,1H3. The summed E-state index contributed by atoms with van der Waals surface area (Å²) in [5.41, 5.74) is 7.82. The summed E-state index contributed by atoms with van der Waals surface area (Å²) in [5, 5.41) is 5.21.